The van der Waals surface area contributed by atoms with Crippen LogP contribution in [0.15, 0.2) is 41.1 Å². The first-order valence-corrected chi connectivity index (χ1v) is 6.82. The molecule has 0 spiro atoms. The lowest BCUT2D eigenvalue weighted by Crippen LogP contribution is -1.86. The Kier molecular flexibility index (Phi) is 3.07. The molecule has 0 saturated carbocycles. The molecule has 0 bridgehead atoms. The zero-order chi connectivity index (χ0) is 13.6. The largest absolute Gasteiger partial charge is 0.305 e. The molecule has 5 heteroatoms. The van der Waals surface area contributed by atoms with Crippen LogP contribution in [0.5, 0.6) is 0 Å². The minimum Gasteiger partial charge on any atom is -0.305 e. The quantitative estimate of drug-likeness (QED) is 0.618. The molecule has 2 heterocycles. The van der Waals surface area contributed by atoms with Gasteiger partial charge in [-0.25, -0.2) is 9.37 Å². The number of aromatic nitrogens is 2. The van der Waals surface area contributed by atoms with Gasteiger partial charge < -0.3 is 4.40 Å². The molecule has 0 aliphatic carbocycles. The third-order valence-corrected chi connectivity index (χ3v) is 3.64. The number of rotatable bonds is 1. The standard InChI is InChI=1S/C14H9BrClFN2/c1-8-4-10(15)6-19-7-13(18-14(8)19)9-2-3-12(17)11(16)5-9/h2-7H,1H3. The third kappa shape index (κ3) is 2.26. The predicted octanol–water partition coefficient (Wildman–Crippen LogP) is 4.86. The van der Waals surface area contributed by atoms with Crippen molar-refractivity contribution in [3.8, 4) is 11.3 Å². The van der Waals surface area contributed by atoms with E-state index in [9.17, 15) is 4.39 Å². The van der Waals surface area contributed by atoms with Crippen molar-refractivity contribution in [2.45, 2.75) is 6.92 Å². The lowest BCUT2D eigenvalue weighted by atomic mass is 10.2. The van der Waals surface area contributed by atoms with E-state index in [0.29, 0.717) is 0 Å². The molecule has 3 rings (SSSR count). The first kappa shape index (κ1) is 12.6. The molecular formula is C14H9BrClFN2. The minimum absolute atomic E-state index is 0.104. The van der Waals surface area contributed by atoms with Gasteiger partial charge in [-0.05, 0) is 52.7 Å². The predicted molar refractivity (Wildman–Crippen MR) is 78.0 cm³/mol. The molecular weight excluding hydrogens is 331 g/mol. The van der Waals surface area contributed by atoms with Crippen LogP contribution in [0.4, 0.5) is 4.39 Å². The van der Waals surface area contributed by atoms with E-state index in [1.807, 2.05) is 29.8 Å². The second-order valence-corrected chi connectivity index (χ2v) is 5.65. The van der Waals surface area contributed by atoms with Gasteiger partial charge in [-0.1, -0.05) is 11.6 Å². The Morgan fingerprint density at radius 3 is 2.79 bits per heavy atom. The third-order valence-electron chi connectivity index (χ3n) is 2.92. The fourth-order valence-corrected chi connectivity index (χ4v) is 2.76. The van der Waals surface area contributed by atoms with Gasteiger partial charge in [0.05, 0.1) is 10.7 Å². The highest BCUT2D eigenvalue weighted by atomic mass is 79.9. The number of hydrogen-bond acceptors (Lipinski definition) is 1. The molecule has 0 saturated heterocycles. The van der Waals surface area contributed by atoms with Crippen LogP contribution in [-0.2, 0) is 0 Å². The van der Waals surface area contributed by atoms with Gasteiger partial charge in [-0.15, -0.1) is 0 Å². The smallest absolute Gasteiger partial charge is 0.141 e. The second-order valence-electron chi connectivity index (χ2n) is 4.33. The van der Waals surface area contributed by atoms with Crippen molar-refractivity contribution in [2.24, 2.45) is 0 Å². The monoisotopic (exact) mass is 338 g/mol. The molecule has 0 fully saturated rings. The van der Waals surface area contributed by atoms with Crippen LogP contribution in [-0.4, -0.2) is 9.38 Å². The highest BCUT2D eigenvalue weighted by Gasteiger charge is 2.09. The van der Waals surface area contributed by atoms with Crippen molar-refractivity contribution in [3.05, 3.63) is 57.5 Å². The molecule has 3 aromatic rings. The average molecular weight is 340 g/mol. The molecule has 0 unspecified atom stereocenters. The molecule has 96 valence electrons. The van der Waals surface area contributed by atoms with Crippen LogP contribution >= 0.6 is 27.5 Å². The van der Waals surface area contributed by atoms with E-state index in [4.69, 9.17) is 11.6 Å². The number of benzene rings is 1. The molecule has 0 atom stereocenters. The number of hydrogen-bond donors (Lipinski definition) is 0. The van der Waals surface area contributed by atoms with Crippen LogP contribution in [0.25, 0.3) is 16.9 Å². The highest BCUT2D eigenvalue weighted by molar-refractivity contribution is 9.10. The second kappa shape index (κ2) is 4.62. The van der Waals surface area contributed by atoms with Gasteiger partial charge in [0, 0.05) is 22.4 Å². The molecule has 2 nitrogen and oxygen atoms in total. The topological polar surface area (TPSA) is 17.3 Å². The van der Waals surface area contributed by atoms with E-state index >= 15 is 0 Å². The summed E-state index contributed by atoms with van der Waals surface area (Å²) in [6.45, 7) is 1.99. The van der Waals surface area contributed by atoms with Crippen molar-refractivity contribution in [3.63, 3.8) is 0 Å². The zero-order valence-corrected chi connectivity index (χ0v) is 12.3. The molecule has 0 aliphatic rings. The Morgan fingerprint density at radius 2 is 2.05 bits per heavy atom. The summed E-state index contributed by atoms with van der Waals surface area (Å²) in [5.74, 6) is -0.423. The number of imidazole rings is 1. The molecule has 1 aromatic carbocycles. The zero-order valence-electron chi connectivity index (χ0n) is 9.99. The van der Waals surface area contributed by atoms with Gasteiger partial charge in [-0.2, -0.15) is 0 Å². The summed E-state index contributed by atoms with van der Waals surface area (Å²) < 4.78 is 16.1. The maximum Gasteiger partial charge on any atom is 0.141 e. The van der Waals surface area contributed by atoms with Crippen molar-refractivity contribution in [2.75, 3.05) is 0 Å². The summed E-state index contributed by atoms with van der Waals surface area (Å²) in [4.78, 5) is 4.56. The molecule has 0 aliphatic heterocycles. The van der Waals surface area contributed by atoms with Crippen molar-refractivity contribution >= 4 is 33.2 Å². The normalized spacial score (nSPS) is 11.2. The van der Waals surface area contributed by atoms with Crippen LogP contribution in [0.3, 0.4) is 0 Å². The summed E-state index contributed by atoms with van der Waals surface area (Å²) in [6, 6.07) is 6.62. The van der Waals surface area contributed by atoms with Crippen LogP contribution < -0.4 is 0 Å². The first-order chi connectivity index (χ1) is 9.04. The van der Waals surface area contributed by atoms with Crippen LogP contribution in [0.1, 0.15) is 5.56 Å². The maximum atomic E-state index is 13.2. The van der Waals surface area contributed by atoms with E-state index in [2.05, 4.69) is 20.9 Å². The Balaban J connectivity index is 2.20. The summed E-state index contributed by atoms with van der Waals surface area (Å²) >= 11 is 9.25. The summed E-state index contributed by atoms with van der Waals surface area (Å²) in [5.41, 5.74) is 3.50. The summed E-state index contributed by atoms with van der Waals surface area (Å²) in [7, 11) is 0. The average Bonchev–Trinajstić information content (AvgIpc) is 2.76. The Morgan fingerprint density at radius 1 is 1.26 bits per heavy atom. The van der Waals surface area contributed by atoms with Gasteiger partial charge in [-0.3, -0.25) is 0 Å². The molecule has 0 amide bonds. The van der Waals surface area contributed by atoms with Gasteiger partial charge in [0.1, 0.15) is 11.5 Å². The first-order valence-electron chi connectivity index (χ1n) is 5.65. The Hall–Kier alpha value is -1.39. The van der Waals surface area contributed by atoms with Gasteiger partial charge >= 0.3 is 0 Å². The van der Waals surface area contributed by atoms with Crippen molar-refractivity contribution in [1.29, 1.82) is 0 Å². The summed E-state index contributed by atoms with van der Waals surface area (Å²) in [6.07, 6.45) is 3.83. The number of nitrogens with zero attached hydrogens (tertiary/aromatic N) is 2. The fourth-order valence-electron chi connectivity index (χ4n) is 2.02. The Bertz CT molecular complexity index is 782. The molecule has 0 N–H and O–H groups in total. The number of pyridine rings is 1. The molecule has 19 heavy (non-hydrogen) atoms. The van der Waals surface area contributed by atoms with Crippen molar-refractivity contribution < 1.29 is 4.39 Å². The fraction of sp³-hybridized carbons (Fsp3) is 0.0714. The van der Waals surface area contributed by atoms with Crippen molar-refractivity contribution in [1.82, 2.24) is 9.38 Å². The number of aryl methyl sites for hydroxylation is 1. The van der Waals surface area contributed by atoms with Gasteiger partial charge in [0.2, 0.25) is 0 Å². The molecule has 2 aromatic heterocycles. The minimum atomic E-state index is -0.423. The Labute approximate surface area is 123 Å². The van der Waals surface area contributed by atoms with E-state index in [1.165, 1.54) is 6.07 Å². The van der Waals surface area contributed by atoms with E-state index < -0.39 is 5.82 Å². The van der Waals surface area contributed by atoms with E-state index in [-0.39, 0.29) is 5.02 Å². The highest BCUT2D eigenvalue weighted by Crippen LogP contribution is 2.26. The molecule has 0 radical (unpaired) electrons. The lowest BCUT2D eigenvalue weighted by Gasteiger charge is -1.98. The summed E-state index contributed by atoms with van der Waals surface area (Å²) in [5, 5.41) is 0.104. The number of halogens is 3. The van der Waals surface area contributed by atoms with E-state index in [1.54, 1.807) is 12.1 Å². The van der Waals surface area contributed by atoms with Gasteiger partial charge in [0.15, 0.2) is 0 Å². The lowest BCUT2D eigenvalue weighted by molar-refractivity contribution is 0.628. The van der Waals surface area contributed by atoms with Crippen LogP contribution in [0.2, 0.25) is 5.02 Å². The van der Waals surface area contributed by atoms with E-state index in [0.717, 1.165) is 26.9 Å². The number of fused-ring (bicyclic) bond motifs is 1. The van der Waals surface area contributed by atoms with Gasteiger partial charge in [0.25, 0.3) is 0 Å². The van der Waals surface area contributed by atoms with Crippen LogP contribution in [0, 0.1) is 12.7 Å². The SMILES string of the molecule is Cc1cc(Br)cn2cc(-c3ccc(F)c(Cl)c3)nc12. The maximum absolute atomic E-state index is 13.2.